The van der Waals surface area contributed by atoms with Gasteiger partial charge in [0, 0.05) is 19.3 Å². The van der Waals surface area contributed by atoms with Crippen molar-refractivity contribution in [2.45, 2.75) is 406 Å². The highest BCUT2D eigenvalue weighted by atomic mass is 16.6. The van der Waals surface area contributed by atoms with Crippen LogP contribution in [-0.4, -0.2) is 37.2 Å². The quantitative estimate of drug-likeness (QED) is 0.0261. The lowest BCUT2D eigenvalue weighted by Gasteiger charge is -2.18. The Morgan fingerprint density at radius 3 is 0.707 bits per heavy atom. The van der Waals surface area contributed by atoms with Gasteiger partial charge in [-0.15, -0.1) is 0 Å². The van der Waals surface area contributed by atoms with Crippen molar-refractivity contribution in [3.05, 3.63) is 48.6 Å². The molecule has 0 saturated carbocycles. The molecule has 0 saturated heterocycles. The third kappa shape index (κ3) is 68.2. The van der Waals surface area contributed by atoms with Crippen molar-refractivity contribution in [1.29, 1.82) is 0 Å². The van der Waals surface area contributed by atoms with Gasteiger partial charge in [-0.3, -0.25) is 14.4 Å². The predicted molar refractivity (Wildman–Crippen MR) is 358 cm³/mol. The summed E-state index contributed by atoms with van der Waals surface area (Å²) in [6.07, 6.45) is 90.1. The molecule has 0 aliphatic heterocycles. The first-order chi connectivity index (χ1) is 40.5. The molecule has 0 radical (unpaired) electrons. The fourth-order valence-corrected chi connectivity index (χ4v) is 11.0. The van der Waals surface area contributed by atoms with Crippen LogP contribution in [0.1, 0.15) is 400 Å². The first kappa shape index (κ1) is 79.4. The lowest BCUT2D eigenvalue weighted by Crippen LogP contribution is -2.30. The van der Waals surface area contributed by atoms with E-state index in [2.05, 4.69) is 69.4 Å². The zero-order chi connectivity index (χ0) is 59.2. The maximum absolute atomic E-state index is 12.9. The van der Waals surface area contributed by atoms with Crippen LogP contribution < -0.4 is 0 Å². The maximum atomic E-state index is 12.9. The summed E-state index contributed by atoms with van der Waals surface area (Å²) in [6.45, 7) is 6.66. The fourth-order valence-electron chi connectivity index (χ4n) is 11.0. The molecule has 0 heterocycles. The lowest BCUT2D eigenvalue weighted by atomic mass is 10.0. The second-order valence-electron chi connectivity index (χ2n) is 24.8. The summed E-state index contributed by atoms with van der Waals surface area (Å²) in [5, 5.41) is 0. The number of hydrogen-bond acceptors (Lipinski definition) is 6. The normalized spacial score (nSPS) is 12.3. The summed E-state index contributed by atoms with van der Waals surface area (Å²) in [4.78, 5) is 38.4. The van der Waals surface area contributed by atoms with Gasteiger partial charge in [-0.25, -0.2) is 0 Å². The van der Waals surface area contributed by atoms with Crippen molar-refractivity contribution >= 4 is 17.9 Å². The van der Waals surface area contributed by atoms with E-state index in [-0.39, 0.29) is 31.1 Å². The number of ether oxygens (including phenoxy) is 3. The van der Waals surface area contributed by atoms with Crippen molar-refractivity contribution in [2.24, 2.45) is 0 Å². The van der Waals surface area contributed by atoms with Crippen LogP contribution >= 0.6 is 0 Å². The first-order valence-electron chi connectivity index (χ1n) is 36.6. The molecule has 0 N–H and O–H groups in total. The number of hydrogen-bond donors (Lipinski definition) is 0. The largest absolute Gasteiger partial charge is 0.462 e. The van der Waals surface area contributed by atoms with Crippen LogP contribution in [0, 0.1) is 0 Å². The molecule has 480 valence electrons. The molecular formula is C76H140O6. The second-order valence-corrected chi connectivity index (χ2v) is 24.8. The highest BCUT2D eigenvalue weighted by molar-refractivity contribution is 5.71. The second kappa shape index (κ2) is 70.9. The third-order valence-electron chi connectivity index (χ3n) is 16.5. The minimum absolute atomic E-state index is 0.0721. The fraction of sp³-hybridized carbons (Fsp3) is 0.855. The summed E-state index contributed by atoms with van der Waals surface area (Å²) in [5.41, 5.74) is 0. The Morgan fingerprint density at radius 1 is 0.244 bits per heavy atom. The Labute approximate surface area is 511 Å². The lowest BCUT2D eigenvalue weighted by molar-refractivity contribution is -0.167. The van der Waals surface area contributed by atoms with Gasteiger partial charge in [-0.2, -0.15) is 0 Å². The molecular weight excluding hydrogens is 1010 g/mol. The Morgan fingerprint density at radius 2 is 0.439 bits per heavy atom. The Hall–Kier alpha value is -2.63. The van der Waals surface area contributed by atoms with Gasteiger partial charge in [0.25, 0.3) is 0 Å². The molecule has 0 spiro atoms. The van der Waals surface area contributed by atoms with E-state index < -0.39 is 6.10 Å². The molecule has 82 heavy (non-hydrogen) atoms. The summed E-state index contributed by atoms with van der Waals surface area (Å²) < 4.78 is 17.0. The first-order valence-corrected chi connectivity index (χ1v) is 36.6. The molecule has 0 fully saturated rings. The number of carbonyl (C=O) groups excluding carboxylic acids is 3. The van der Waals surface area contributed by atoms with E-state index in [9.17, 15) is 14.4 Å². The van der Waals surface area contributed by atoms with Gasteiger partial charge in [0.2, 0.25) is 0 Å². The Kier molecular flexibility index (Phi) is 68.6. The summed E-state index contributed by atoms with van der Waals surface area (Å²) in [6, 6.07) is 0. The van der Waals surface area contributed by atoms with Crippen molar-refractivity contribution < 1.29 is 28.6 Å². The monoisotopic (exact) mass is 1150 g/mol. The van der Waals surface area contributed by atoms with Crippen LogP contribution in [0.3, 0.4) is 0 Å². The zero-order valence-corrected chi connectivity index (χ0v) is 55.3. The molecule has 0 aliphatic carbocycles. The standard InChI is InChI=1S/C76H140O6/c1-4-7-10-13-16-19-22-25-27-29-31-33-34-35-36-37-38-39-40-41-42-44-45-47-49-51-54-57-60-63-66-69-75(78)81-72-73(71-80-74(77)68-65-62-59-56-53-24-21-18-15-12-9-6-3)82-76(79)70-67-64-61-58-55-52-50-48-46-43-32-30-28-26-23-20-17-14-11-8-5-2/h18,21-22,25,29-32,73H,4-17,19-20,23-24,26-28,33-72H2,1-3H3/b21-18-,25-22-,31-29-,32-30-. The van der Waals surface area contributed by atoms with Crippen LogP contribution in [0.25, 0.3) is 0 Å². The van der Waals surface area contributed by atoms with Gasteiger partial charge < -0.3 is 14.2 Å². The number of esters is 3. The minimum atomic E-state index is -0.777. The summed E-state index contributed by atoms with van der Waals surface area (Å²) >= 11 is 0. The van der Waals surface area contributed by atoms with E-state index in [1.54, 1.807) is 0 Å². The molecule has 0 rings (SSSR count). The maximum Gasteiger partial charge on any atom is 0.306 e. The van der Waals surface area contributed by atoms with Crippen molar-refractivity contribution in [3.63, 3.8) is 0 Å². The molecule has 0 aromatic carbocycles. The molecule has 1 atom stereocenters. The SMILES string of the molecule is CCCCC/C=C\CCCCCCCC(=O)OCC(COC(=O)CCCCCCCCCCCCCCCCCCCCC/C=C\C/C=C\CCCCCCC)OC(=O)CCCCCCCCCCC/C=C\CCCCCCCCCC. The molecule has 0 aromatic rings. The zero-order valence-electron chi connectivity index (χ0n) is 55.3. The third-order valence-corrected chi connectivity index (χ3v) is 16.5. The number of allylic oxidation sites excluding steroid dienone is 8. The van der Waals surface area contributed by atoms with E-state index in [1.165, 1.54) is 289 Å². The Bertz CT molecular complexity index is 1410. The molecule has 0 aliphatic rings. The average molecular weight is 1150 g/mol. The van der Waals surface area contributed by atoms with Gasteiger partial charge in [0.1, 0.15) is 13.2 Å². The van der Waals surface area contributed by atoms with Crippen LogP contribution in [0.15, 0.2) is 48.6 Å². The molecule has 0 aromatic heterocycles. The average Bonchev–Trinajstić information content (AvgIpc) is 3.47. The number of carbonyl (C=O) groups is 3. The van der Waals surface area contributed by atoms with Gasteiger partial charge in [-0.1, -0.05) is 326 Å². The van der Waals surface area contributed by atoms with Gasteiger partial charge in [-0.05, 0) is 103 Å². The molecule has 6 nitrogen and oxygen atoms in total. The summed E-state index contributed by atoms with van der Waals surface area (Å²) in [5.74, 6) is -0.858. The molecule has 0 bridgehead atoms. The van der Waals surface area contributed by atoms with E-state index in [0.717, 1.165) is 70.6 Å². The van der Waals surface area contributed by atoms with E-state index >= 15 is 0 Å². The Balaban J connectivity index is 4.15. The van der Waals surface area contributed by atoms with Crippen molar-refractivity contribution in [2.75, 3.05) is 13.2 Å². The van der Waals surface area contributed by atoms with Crippen LogP contribution in [-0.2, 0) is 28.6 Å². The summed E-state index contributed by atoms with van der Waals surface area (Å²) in [7, 11) is 0. The highest BCUT2D eigenvalue weighted by Gasteiger charge is 2.19. The van der Waals surface area contributed by atoms with Crippen LogP contribution in [0.4, 0.5) is 0 Å². The number of rotatable bonds is 68. The topological polar surface area (TPSA) is 78.9 Å². The van der Waals surface area contributed by atoms with E-state index in [0.29, 0.717) is 19.3 Å². The molecule has 1 unspecified atom stereocenters. The molecule has 0 amide bonds. The molecule has 6 heteroatoms. The van der Waals surface area contributed by atoms with E-state index in [1.807, 2.05) is 0 Å². The van der Waals surface area contributed by atoms with Crippen molar-refractivity contribution in [3.8, 4) is 0 Å². The van der Waals surface area contributed by atoms with Crippen molar-refractivity contribution in [1.82, 2.24) is 0 Å². The van der Waals surface area contributed by atoms with Crippen LogP contribution in [0.5, 0.6) is 0 Å². The van der Waals surface area contributed by atoms with Gasteiger partial charge >= 0.3 is 17.9 Å². The van der Waals surface area contributed by atoms with Gasteiger partial charge in [0.15, 0.2) is 6.10 Å². The predicted octanol–water partition coefficient (Wildman–Crippen LogP) is 25.3. The van der Waals surface area contributed by atoms with E-state index in [4.69, 9.17) is 14.2 Å². The highest BCUT2D eigenvalue weighted by Crippen LogP contribution is 2.18. The smallest absolute Gasteiger partial charge is 0.306 e. The van der Waals surface area contributed by atoms with Gasteiger partial charge in [0.05, 0.1) is 0 Å². The number of unbranched alkanes of at least 4 members (excludes halogenated alkanes) is 49. The van der Waals surface area contributed by atoms with Crippen LogP contribution in [0.2, 0.25) is 0 Å². The minimum Gasteiger partial charge on any atom is -0.462 e.